The highest BCUT2D eigenvalue weighted by Gasteiger charge is 2.11. The van der Waals surface area contributed by atoms with Gasteiger partial charge in [-0.2, -0.15) is 0 Å². The van der Waals surface area contributed by atoms with Gasteiger partial charge < -0.3 is 5.73 Å². The van der Waals surface area contributed by atoms with E-state index in [-0.39, 0.29) is 11.9 Å². The SMILES string of the molecule is Cc1cc(-c2nc(C)c(CC(C)N)s2)ccc1F. The molecule has 0 bridgehead atoms. The summed E-state index contributed by atoms with van der Waals surface area (Å²) >= 11 is 1.64. The van der Waals surface area contributed by atoms with E-state index in [1.165, 1.54) is 10.9 Å². The standard InChI is InChI=1S/C14H17FN2S/c1-8-6-11(4-5-12(8)15)14-17-10(3)13(18-14)7-9(2)16/h4-6,9H,7,16H2,1-3H3. The lowest BCUT2D eigenvalue weighted by Crippen LogP contribution is -2.17. The molecule has 1 unspecified atom stereocenters. The summed E-state index contributed by atoms with van der Waals surface area (Å²) in [5, 5.41) is 0.936. The Kier molecular flexibility index (Phi) is 3.78. The van der Waals surface area contributed by atoms with Crippen molar-refractivity contribution >= 4 is 11.3 Å². The molecule has 1 aromatic carbocycles. The molecule has 0 saturated heterocycles. The Labute approximate surface area is 111 Å². The first-order chi connectivity index (χ1) is 8.47. The van der Waals surface area contributed by atoms with Crippen molar-refractivity contribution in [1.82, 2.24) is 4.98 Å². The molecule has 0 aliphatic rings. The van der Waals surface area contributed by atoms with Gasteiger partial charge in [0.05, 0.1) is 5.69 Å². The van der Waals surface area contributed by atoms with Crippen molar-refractivity contribution in [3.05, 3.63) is 40.2 Å². The summed E-state index contributed by atoms with van der Waals surface area (Å²) in [6, 6.07) is 5.23. The van der Waals surface area contributed by atoms with Crippen LogP contribution in [0.1, 0.15) is 23.1 Å². The van der Waals surface area contributed by atoms with Crippen LogP contribution in [-0.4, -0.2) is 11.0 Å². The first kappa shape index (κ1) is 13.2. The van der Waals surface area contributed by atoms with Crippen molar-refractivity contribution in [2.24, 2.45) is 5.73 Å². The largest absolute Gasteiger partial charge is 0.328 e. The number of aromatic nitrogens is 1. The zero-order chi connectivity index (χ0) is 13.3. The lowest BCUT2D eigenvalue weighted by Gasteiger charge is -2.01. The number of benzene rings is 1. The topological polar surface area (TPSA) is 38.9 Å². The van der Waals surface area contributed by atoms with Crippen molar-refractivity contribution in [1.29, 1.82) is 0 Å². The van der Waals surface area contributed by atoms with Crippen molar-refractivity contribution in [2.45, 2.75) is 33.2 Å². The zero-order valence-corrected chi connectivity index (χ0v) is 11.6. The highest BCUT2D eigenvalue weighted by atomic mass is 32.1. The van der Waals surface area contributed by atoms with Crippen molar-refractivity contribution in [3.8, 4) is 10.6 Å². The molecule has 0 fully saturated rings. The number of hydrogen-bond acceptors (Lipinski definition) is 3. The van der Waals surface area contributed by atoms with Crippen LogP contribution in [0, 0.1) is 19.7 Å². The molecule has 0 amide bonds. The molecule has 2 aromatic rings. The van der Waals surface area contributed by atoms with Gasteiger partial charge in [0, 0.05) is 16.5 Å². The van der Waals surface area contributed by atoms with Gasteiger partial charge in [0.1, 0.15) is 10.8 Å². The Bertz CT molecular complexity index is 561. The molecule has 0 spiro atoms. The van der Waals surface area contributed by atoms with Crippen LogP contribution in [0.3, 0.4) is 0 Å². The Balaban J connectivity index is 2.36. The summed E-state index contributed by atoms with van der Waals surface area (Å²) in [4.78, 5) is 5.76. The van der Waals surface area contributed by atoms with Crippen molar-refractivity contribution in [3.63, 3.8) is 0 Å². The zero-order valence-electron chi connectivity index (χ0n) is 10.8. The van der Waals surface area contributed by atoms with Crippen LogP contribution >= 0.6 is 11.3 Å². The molecule has 2 nitrogen and oxygen atoms in total. The molecule has 1 aromatic heterocycles. The van der Waals surface area contributed by atoms with Gasteiger partial charge in [0.2, 0.25) is 0 Å². The first-order valence-corrected chi connectivity index (χ1v) is 6.77. The fourth-order valence-corrected chi connectivity index (χ4v) is 3.01. The van der Waals surface area contributed by atoms with E-state index in [0.717, 1.165) is 22.7 Å². The third-order valence-corrected chi connectivity index (χ3v) is 4.03. The molecule has 0 radical (unpaired) electrons. The van der Waals surface area contributed by atoms with Gasteiger partial charge in [-0.25, -0.2) is 9.37 Å². The summed E-state index contributed by atoms with van der Waals surface area (Å²) < 4.78 is 13.2. The average molecular weight is 264 g/mol. The van der Waals surface area contributed by atoms with Crippen LogP contribution in [0.15, 0.2) is 18.2 Å². The minimum atomic E-state index is -0.178. The fraction of sp³-hybridized carbons (Fsp3) is 0.357. The molecule has 2 N–H and O–H groups in total. The van der Waals surface area contributed by atoms with E-state index in [1.807, 2.05) is 19.9 Å². The Hall–Kier alpha value is -1.26. The van der Waals surface area contributed by atoms with Crippen LogP contribution in [0.5, 0.6) is 0 Å². The quantitative estimate of drug-likeness (QED) is 0.922. The second-order valence-electron chi connectivity index (χ2n) is 4.67. The number of hydrogen-bond donors (Lipinski definition) is 1. The Morgan fingerprint density at radius 3 is 2.72 bits per heavy atom. The maximum absolute atomic E-state index is 13.2. The third-order valence-electron chi connectivity index (χ3n) is 2.80. The van der Waals surface area contributed by atoms with Gasteiger partial charge >= 0.3 is 0 Å². The molecule has 2 rings (SSSR count). The number of thiazole rings is 1. The highest BCUT2D eigenvalue weighted by molar-refractivity contribution is 7.15. The van der Waals surface area contributed by atoms with Crippen LogP contribution in [0.2, 0.25) is 0 Å². The van der Waals surface area contributed by atoms with E-state index in [9.17, 15) is 4.39 Å². The number of nitrogens with two attached hydrogens (primary N) is 1. The molecule has 0 saturated carbocycles. The number of halogens is 1. The van der Waals surface area contributed by atoms with Crippen molar-refractivity contribution in [2.75, 3.05) is 0 Å². The van der Waals surface area contributed by atoms with Crippen LogP contribution in [-0.2, 0) is 6.42 Å². The van der Waals surface area contributed by atoms with Gasteiger partial charge in [-0.1, -0.05) is 0 Å². The van der Waals surface area contributed by atoms with E-state index in [0.29, 0.717) is 5.56 Å². The predicted octanol–water partition coefficient (Wildman–Crippen LogP) is 3.46. The third kappa shape index (κ3) is 2.76. The number of rotatable bonds is 3. The maximum Gasteiger partial charge on any atom is 0.126 e. The molecular weight excluding hydrogens is 247 g/mol. The summed E-state index contributed by atoms with van der Waals surface area (Å²) in [7, 11) is 0. The number of nitrogens with zero attached hydrogens (tertiary/aromatic N) is 1. The molecule has 96 valence electrons. The van der Waals surface area contributed by atoms with Gasteiger partial charge in [-0.3, -0.25) is 0 Å². The normalized spacial score (nSPS) is 12.7. The van der Waals surface area contributed by atoms with E-state index in [2.05, 4.69) is 4.98 Å². The molecule has 1 atom stereocenters. The van der Waals surface area contributed by atoms with Gasteiger partial charge in [-0.05, 0) is 51.0 Å². The molecule has 0 aliphatic carbocycles. The lowest BCUT2D eigenvalue weighted by molar-refractivity contribution is 0.619. The number of aryl methyl sites for hydroxylation is 2. The molecule has 0 aliphatic heterocycles. The van der Waals surface area contributed by atoms with E-state index < -0.39 is 0 Å². The van der Waals surface area contributed by atoms with Gasteiger partial charge in [-0.15, -0.1) is 11.3 Å². The average Bonchev–Trinajstić information content (AvgIpc) is 2.63. The van der Waals surface area contributed by atoms with E-state index in [1.54, 1.807) is 24.3 Å². The Morgan fingerprint density at radius 2 is 2.11 bits per heavy atom. The molecular formula is C14H17FN2S. The smallest absolute Gasteiger partial charge is 0.126 e. The van der Waals surface area contributed by atoms with E-state index in [4.69, 9.17) is 5.73 Å². The van der Waals surface area contributed by atoms with Crippen LogP contribution in [0.25, 0.3) is 10.6 Å². The van der Waals surface area contributed by atoms with Crippen LogP contribution < -0.4 is 5.73 Å². The monoisotopic (exact) mass is 264 g/mol. The Morgan fingerprint density at radius 1 is 1.39 bits per heavy atom. The minimum absolute atomic E-state index is 0.131. The summed E-state index contributed by atoms with van der Waals surface area (Å²) in [5.41, 5.74) is 8.45. The molecule has 4 heteroatoms. The predicted molar refractivity (Wildman–Crippen MR) is 74.3 cm³/mol. The summed E-state index contributed by atoms with van der Waals surface area (Å²) in [6.45, 7) is 5.75. The molecule has 1 heterocycles. The lowest BCUT2D eigenvalue weighted by atomic mass is 10.1. The minimum Gasteiger partial charge on any atom is -0.328 e. The summed E-state index contributed by atoms with van der Waals surface area (Å²) in [5.74, 6) is -0.178. The van der Waals surface area contributed by atoms with Crippen molar-refractivity contribution < 1.29 is 4.39 Å². The van der Waals surface area contributed by atoms with Crippen LogP contribution in [0.4, 0.5) is 4.39 Å². The van der Waals surface area contributed by atoms with E-state index >= 15 is 0 Å². The molecule has 18 heavy (non-hydrogen) atoms. The highest BCUT2D eigenvalue weighted by Crippen LogP contribution is 2.29. The van der Waals surface area contributed by atoms with Gasteiger partial charge in [0.25, 0.3) is 0 Å². The summed E-state index contributed by atoms with van der Waals surface area (Å²) in [6.07, 6.45) is 0.837. The van der Waals surface area contributed by atoms with Gasteiger partial charge in [0.15, 0.2) is 0 Å². The second-order valence-corrected chi connectivity index (χ2v) is 5.76. The maximum atomic E-state index is 13.2. The first-order valence-electron chi connectivity index (χ1n) is 5.95. The fourth-order valence-electron chi connectivity index (χ4n) is 1.81. The second kappa shape index (κ2) is 5.16.